The first-order valence-electron chi connectivity index (χ1n) is 7.15. The number of hydrogen-bond acceptors (Lipinski definition) is 4. The van der Waals surface area contributed by atoms with Crippen molar-refractivity contribution >= 4 is 35.0 Å². The monoisotopic (exact) mass is 335 g/mol. The number of amides is 1. The molecule has 6 nitrogen and oxygen atoms in total. The lowest BCUT2D eigenvalue weighted by Gasteiger charge is -2.44. The molecule has 120 valence electrons. The van der Waals surface area contributed by atoms with Crippen molar-refractivity contribution in [1.82, 2.24) is 5.32 Å². The highest BCUT2D eigenvalue weighted by Crippen LogP contribution is 2.51. The first kappa shape index (κ1) is 15.6. The van der Waals surface area contributed by atoms with Gasteiger partial charge in [-0.3, -0.25) is 14.4 Å². The maximum Gasteiger partial charge on any atom is 0.322 e. The van der Waals surface area contributed by atoms with Crippen LogP contribution in [0.1, 0.15) is 30.4 Å². The van der Waals surface area contributed by atoms with E-state index in [0.717, 1.165) is 6.42 Å². The molecule has 2 aliphatic carbocycles. The van der Waals surface area contributed by atoms with Crippen LogP contribution in [0.4, 0.5) is 0 Å². The molecule has 1 spiro atoms. The number of fused-ring (bicyclic) bond motifs is 2. The summed E-state index contributed by atoms with van der Waals surface area (Å²) in [5.74, 6) is -3.03. The molecule has 3 N–H and O–H groups in total. The number of aliphatic hydroxyl groups excluding tert-OH is 1. The van der Waals surface area contributed by atoms with Crippen molar-refractivity contribution in [3.63, 3.8) is 0 Å². The number of carbonyl (C=O) groups is 3. The topological polar surface area (TPSA) is 104 Å². The minimum absolute atomic E-state index is 0.359. The molecule has 0 atom stereocenters. The maximum atomic E-state index is 12.8. The standard InChI is InChI=1S/C16H14ClNO5/c17-8-2-3-10-9(6-8)13(21)12(15(23)18-7-11(19)20)14(22)16(10)4-1-5-16/h2-3,6,21H,1,4-5,7H2,(H,18,23)(H,19,20). The number of Topliss-reactive ketones (excluding diaryl/α,β-unsaturated/α-hetero) is 1. The first-order valence-corrected chi connectivity index (χ1v) is 7.53. The highest BCUT2D eigenvalue weighted by molar-refractivity contribution is 6.32. The summed E-state index contributed by atoms with van der Waals surface area (Å²) < 4.78 is 0. The summed E-state index contributed by atoms with van der Waals surface area (Å²) in [6.45, 7) is -0.627. The van der Waals surface area contributed by atoms with Gasteiger partial charge in [-0.1, -0.05) is 24.1 Å². The summed E-state index contributed by atoms with van der Waals surface area (Å²) in [4.78, 5) is 35.6. The van der Waals surface area contributed by atoms with E-state index in [2.05, 4.69) is 5.32 Å². The van der Waals surface area contributed by atoms with E-state index in [1.807, 2.05) is 0 Å². The van der Waals surface area contributed by atoms with Crippen molar-refractivity contribution in [3.05, 3.63) is 39.9 Å². The Balaban J connectivity index is 2.11. The summed E-state index contributed by atoms with van der Waals surface area (Å²) in [6.07, 6.45) is 2.02. The second-order valence-corrected chi connectivity index (χ2v) is 6.19. The summed E-state index contributed by atoms with van der Waals surface area (Å²) >= 11 is 5.97. The Bertz CT molecular complexity index is 764. The van der Waals surface area contributed by atoms with Gasteiger partial charge in [0.15, 0.2) is 5.78 Å². The van der Waals surface area contributed by atoms with Crippen LogP contribution >= 0.6 is 11.6 Å². The van der Waals surface area contributed by atoms with E-state index >= 15 is 0 Å². The minimum Gasteiger partial charge on any atom is -0.506 e. The van der Waals surface area contributed by atoms with E-state index < -0.39 is 35.4 Å². The van der Waals surface area contributed by atoms with Gasteiger partial charge in [0, 0.05) is 10.6 Å². The van der Waals surface area contributed by atoms with Gasteiger partial charge in [-0.2, -0.15) is 0 Å². The number of nitrogens with one attached hydrogen (secondary N) is 1. The van der Waals surface area contributed by atoms with Crippen molar-refractivity contribution in [2.75, 3.05) is 6.54 Å². The molecule has 1 fully saturated rings. The lowest BCUT2D eigenvalue weighted by molar-refractivity contribution is -0.138. The Morgan fingerprint density at radius 1 is 1.30 bits per heavy atom. The number of carbonyl (C=O) groups excluding carboxylic acids is 2. The van der Waals surface area contributed by atoms with E-state index in [4.69, 9.17) is 16.7 Å². The van der Waals surface area contributed by atoms with Gasteiger partial charge in [-0.05, 0) is 30.5 Å². The van der Waals surface area contributed by atoms with Crippen LogP contribution in [-0.4, -0.2) is 34.4 Å². The largest absolute Gasteiger partial charge is 0.506 e. The van der Waals surface area contributed by atoms with Crippen LogP contribution < -0.4 is 5.32 Å². The summed E-state index contributed by atoms with van der Waals surface area (Å²) in [6, 6.07) is 4.87. The molecule has 3 rings (SSSR count). The third-order valence-corrected chi connectivity index (χ3v) is 4.72. The van der Waals surface area contributed by atoms with Gasteiger partial charge in [-0.15, -0.1) is 0 Å². The molecule has 1 aromatic carbocycles. The molecule has 1 saturated carbocycles. The molecule has 0 unspecified atom stereocenters. The second kappa shape index (κ2) is 5.38. The number of halogens is 1. The number of hydrogen-bond donors (Lipinski definition) is 3. The predicted molar refractivity (Wildman–Crippen MR) is 82.2 cm³/mol. The van der Waals surface area contributed by atoms with E-state index in [1.165, 1.54) is 6.07 Å². The minimum atomic E-state index is -1.23. The van der Waals surface area contributed by atoms with E-state index in [0.29, 0.717) is 29.0 Å². The van der Waals surface area contributed by atoms with Crippen molar-refractivity contribution in [2.45, 2.75) is 24.7 Å². The molecular formula is C16H14ClNO5. The Hall–Kier alpha value is -2.34. The zero-order valence-corrected chi connectivity index (χ0v) is 12.8. The average Bonchev–Trinajstić information content (AvgIpc) is 2.44. The zero-order valence-electron chi connectivity index (χ0n) is 12.1. The fraction of sp³-hybridized carbons (Fsp3) is 0.312. The molecule has 7 heteroatoms. The molecule has 0 heterocycles. The molecule has 0 radical (unpaired) electrons. The molecule has 1 amide bonds. The first-order chi connectivity index (χ1) is 10.9. The van der Waals surface area contributed by atoms with Crippen molar-refractivity contribution in [3.8, 4) is 0 Å². The predicted octanol–water partition coefficient (Wildman–Crippen LogP) is 1.81. The summed E-state index contributed by atoms with van der Waals surface area (Å²) in [5, 5.41) is 21.6. The molecular weight excluding hydrogens is 322 g/mol. The smallest absolute Gasteiger partial charge is 0.322 e. The molecule has 2 aliphatic rings. The quantitative estimate of drug-likeness (QED) is 0.731. The van der Waals surface area contributed by atoms with Gasteiger partial charge in [0.05, 0.1) is 5.41 Å². The number of ketones is 1. The Morgan fingerprint density at radius 2 is 2.00 bits per heavy atom. The Kier molecular flexibility index (Phi) is 3.64. The second-order valence-electron chi connectivity index (χ2n) is 5.75. The summed E-state index contributed by atoms with van der Waals surface area (Å²) in [7, 11) is 0. The number of rotatable bonds is 3. The van der Waals surface area contributed by atoms with Crippen LogP contribution in [-0.2, 0) is 19.8 Å². The van der Waals surface area contributed by atoms with Crippen LogP contribution in [0.25, 0.3) is 5.76 Å². The van der Waals surface area contributed by atoms with E-state index in [-0.39, 0.29) is 5.57 Å². The third kappa shape index (κ3) is 2.30. The third-order valence-electron chi connectivity index (χ3n) is 4.49. The van der Waals surface area contributed by atoms with Gasteiger partial charge < -0.3 is 15.5 Å². The van der Waals surface area contributed by atoms with Gasteiger partial charge in [0.1, 0.15) is 17.9 Å². The van der Waals surface area contributed by atoms with Gasteiger partial charge in [0.25, 0.3) is 5.91 Å². The molecule has 0 aliphatic heterocycles. The Morgan fingerprint density at radius 3 is 2.57 bits per heavy atom. The maximum absolute atomic E-state index is 12.8. The number of aliphatic carboxylic acids is 1. The normalized spacial score (nSPS) is 18.4. The molecule has 0 aromatic heterocycles. The fourth-order valence-electron chi connectivity index (χ4n) is 3.22. The summed E-state index contributed by atoms with van der Waals surface area (Å²) in [5.41, 5.74) is -0.175. The molecule has 0 saturated heterocycles. The van der Waals surface area contributed by atoms with Gasteiger partial charge in [0.2, 0.25) is 0 Å². The van der Waals surface area contributed by atoms with Crippen LogP contribution in [0.3, 0.4) is 0 Å². The van der Waals surface area contributed by atoms with Crippen LogP contribution in [0.15, 0.2) is 23.8 Å². The molecule has 1 aromatic rings. The number of carboxylic acid groups (broad SMARTS) is 1. The van der Waals surface area contributed by atoms with E-state index in [1.54, 1.807) is 12.1 Å². The SMILES string of the molecule is O=C(O)CNC(=O)C1=C(O)c2cc(Cl)ccc2C2(CCC2)C1=O. The van der Waals surface area contributed by atoms with Crippen molar-refractivity contribution < 1.29 is 24.6 Å². The number of carboxylic acids is 1. The highest BCUT2D eigenvalue weighted by atomic mass is 35.5. The van der Waals surface area contributed by atoms with Crippen LogP contribution in [0.2, 0.25) is 5.02 Å². The number of aliphatic hydroxyl groups is 1. The number of benzene rings is 1. The lowest BCUT2D eigenvalue weighted by atomic mass is 9.57. The molecule has 23 heavy (non-hydrogen) atoms. The van der Waals surface area contributed by atoms with Crippen molar-refractivity contribution in [1.29, 1.82) is 0 Å². The van der Waals surface area contributed by atoms with Crippen molar-refractivity contribution in [2.24, 2.45) is 0 Å². The van der Waals surface area contributed by atoms with E-state index in [9.17, 15) is 19.5 Å². The average molecular weight is 336 g/mol. The lowest BCUT2D eigenvalue weighted by Crippen LogP contribution is -2.49. The Labute approximate surface area is 136 Å². The zero-order chi connectivity index (χ0) is 16.8. The van der Waals surface area contributed by atoms with Crippen LogP contribution in [0.5, 0.6) is 0 Å². The molecule has 0 bridgehead atoms. The fourth-order valence-corrected chi connectivity index (χ4v) is 3.39. The highest BCUT2D eigenvalue weighted by Gasteiger charge is 2.52. The van der Waals surface area contributed by atoms with Gasteiger partial charge in [-0.25, -0.2) is 0 Å². The van der Waals surface area contributed by atoms with Crippen LogP contribution in [0, 0.1) is 0 Å². The van der Waals surface area contributed by atoms with Gasteiger partial charge >= 0.3 is 5.97 Å².